The summed E-state index contributed by atoms with van der Waals surface area (Å²) in [5.41, 5.74) is 1.06. The van der Waals surface area contributed by atoms with Crippen molar-refractivity contribution in [1.29, 1.82) is 0 Å². The van der Waals surface area contributed by atoms with Crippen molar-refractivity contribution in [2.24, 2.45) is 0 Å². The van der Waals surface area contributed by atoms with Crippen LogP contribution in [0.2, 0.25) is 0 Å². The van der Waals surface area contributed by atoms with Crippen molar-refractivity contribution < 1.29 is 28.7 Å². The van der Waals surface area contributed by atoms with Gasteiger partial charge in [0.25, 0.3) is 11.6 Å². The molecule has 2 aliphatic rings. The third-order valence-corrected chi connectivity index (χ3v) is 5.15. The van der Waals surface area contributed by atoms with Crippen molar-refractivity contribution in [1.82, 2.24) is 0 Å². The molecule has 0 aromatic heterocycles. The largest absolute Gasteiger partial charge is 0.486 e. The van der Waals surface area contributed by atoms with Crippen molar-refractivity contribution in [3.8, 4) is 11.5 Å². The number of benzene rings is 2. The Morgan fingerprint density at radius 1 is 1.20 bits per heavy atom. The van der Waals surface area contributed by atoms with E-state index in [4.69, 9.17) is 14.2 Å². The fourth-order valence-corrected chi connectivity index (χ4v) is 3.76. The van der Waals surface area contributed by atoms with Crippen molar-refractivity contribution in [2.45, 2.75) is 32.4 Å². The molecular weight excluding hydrogens is 392 g/mol. The molecule has 0 saturated heterocycles. The molecule has 0 aliphatic carbocycles. The highest BCUT2D eigenvalue weighted by Gasteiger charge is 2.36. The molecule has 0 fully saturated rings. The molecule has 2 atom stereocenters. The maximum atomic E-state index is 13.0. The molecular formula is C21H20N2O7. The Bertz CT molecular complexity index is 1040. The van der Waals surface area contributed by atoms with E-state index in [2.05, 4.69) is 0 Å². The van der Waals surface area contributed by atoms with E-state index in [9.17, 15) is 19.7 Å². The van der Waals surface area contributed by atoms with Crippen LogP contribution in [0.1, 0.15) is 29.8 Å². The van der Waals surface area contributed by atoms with Crippen LogP contribution in [0.5, 0.6) is 11.5 Å². The van der Waals surface area contributed by atoms with Gasteiger partial charge in [-0.15, -0.1) is 0 Å². The lowest BCUT2D eigenvalue weighted by Crippen LogP contribution is -2.43. The first-order valence-electron chi connectivity index (χ1n) is 9.57. The third-order valence-electron chi connectivity index (χ3n) is 5.15. The summed E-state index contributed by atoms with van der Waals surface area (Å²) in [5.74, 6) is -0.948. The maximum absolute atomic E-state index is 13.0. The summed E-state index contributed by atoms with van der Waals surface area (Å²) in [5, 5.41) is 11.4. The molecule has 0 unspecified atom stereocenters. The fourth-order valence-electron chi connectivity index (χ4n) is 3.76. The highest BCUT2D eigenvalue weighted by atomic mass is 16.6. The zero-order chi connectivity index (χ0) is 21.4. The smallest absolute Gasteiger partial charge is 0.346 e. The van der Waals surface area contributed by atoms with Crippen LogP contribution in [-0.2, 0) is 16.0 Å². The molecule has 2 heterocycles. The summed E-state index contributed by atoms with van der Waals surface area (Å²) in [6.45, 7) is 3.89. The number of para-hydroxylation sites is 1. The highest BCUT2D eigenvalue weighted by molar-refractivity contribution is 6.02. The minimum Gasteiger partial charge on any atom is -0.486 e. The molecule has 4 rings (SSSR count). The van der Waals surface area contributed by atoms with Gasteiger partial charge in [0.2, 0.25) is 0 Å². The lowest BCUT2D eigenvalue weighted by atomic mass is 10.1. The van der Waals surface area contributed by atoms with E-state index in [0.29, 0.717) is 6.42 Å². The summed E-state index contributed by atoms with van der Waals surface area (Å²) in [6.07, 6.45) is -0.421. The second kappa shape index (κ2) is 7.66. The molecule has 2 aromatic carbocycles. The Labute approximate surface area is 172 Å². The van der Waals surface area contributed by atoms with Crippen molar-refractivity contribution in [3.05, 3.63) is 57.6 Å². The van der Waals surface area contributed by atoms with Gasteiger partial charge in [0.05, 0.1) is 11.0 Å². The van der Waals surface area contributed by atoms with Crippen LogP contribution in [0.4, 0.5) is 11.4 Å². The van der Waals surface area contributed by atoms with Gasteiger partial charge in [-0.05, 0) is 31.9 Å². The number of nitrogens with zero attached hydrogens (tertiary/aromatic N) is 2. The highest BCUT2D eigenvalue weighted by Crippen LogP contribution is 2.37. The van der Waals surface area contributed by atoms with Crippen molar-refractivity contribution in [2.75, 3.05) is 18.1 Å². The van der Waals surface area contributed by atoms with Crippen LogP contribution in [0.15, 0.2) is 36.4 Å². The van der Waals surface area contributed by atoms with E-state index >= 15 is 0 Å². The summed E-state index contributed by atoms with van der Waals surface area (Å²) in [7, 11) is 0. The lowest BCUT2D eigenvalue weighted by Gasteiger charge is -2.26. The Hall–Kier alpha value is -3.62. The molecule has 0 spiro atoms. The summed E-state index contributed by atoms with van der Waals surface area (Å²) in [4.78, 5) is 38.1. The average Bonchev–Trinajstić information content (AvgIpc) is 3.07. The molecule has 2 aromatic rings. The van der Waals surface area contributed by atoms with Gasteiger partial charge in [-0.3, -0.25) is 14.9 Å². The quantitative estimate of drug-likeness (QED) is 0.432. The van der Waals surface area contributed by atoms with Gasteiger partial charge in [0.15, 0.2) is 17.6 Å². The van der Waals surface area contributed by atoms with Crippen LogP contribution >= 0.6 is 0 Å². The zero-order valence-corrected chi connectivity index (χ0v) is 16.5. The number of esters is 1. The van der Waals surface area contributed by atoms with Crippen molar-refractivity contribution >= 4 is 23.3 Å². The first kappa shape index (κ1) is 19.7. The number of nitro groups is 1. The number of anilines is 1. The van der Waals surface area contributed by atoms with Gasteiger partial charge in [-0.1, -0.05) is 18.2 Å². The molecule has 9 heteroatoms. The minimum atomic E-state index is -1.13. The first-order chi connectivity index (χ1) is 14.4. The van der Waals surface area contributed by atoms with E-state index in [1.807, 2.05) is 31.2 Å². The summed E-state index contributed by atoms with van der Waals surface area (Å²) in [6, 6.07) is 9.82. The number of hydrogen-bond donors (Lipinski definition) is 0. The van der Waals surface area contributed by atoms with Gasteiger partial charge in [0.1, 0.15) is 18.8 Å². The Balaban J connectivity index is 1.57. The SMILES string of the molecule is C[C@H](OC(=O)c1cc2c(cc1[N+](=O)[O-])OCCO2)C(=O)N1c2ccccc2C[C@@H]1C. The number of amides is 1. The van der Waals surface area contributed by atoms with Gasteiger partial charge in [-0.2, -0.15) is 0 Å². The monoisotopic (exact) mass is 412 g/mol. The molecule has 2 aliphatic heterocycles. The molecule has 0 N–H and O–H groups in total. The molecule has 9 nitrogen and oxygen atoms in total. The predicted molar refractivity (Wildman–Crippen MR) is 106 cm³/mol. The van der Waals surface area contributed by atoms with Crippen LogP contribution in [0.3, 0.4) is 0 Å². The van der Waals surface area contributed by atoms with Crippen LogP contribution in [0.25, 0.3) is 0 Å². The first-order valence-corrected chi connectivity index (χ1v) is 9.57. The van der Waals surface area contributed by atoms with Crippen LogP contribution in [0, 0.1) is 10.1 Å². The molecule has 0 saturated carbocycles. The number of nitro benzene ring substituents is 1. The van der Waals surface area contributed by atoms with E-state index < -0.39 is 22.7 Å². The maximum Gasteiger partial charge on any atom is 0.346 e. The number of ether oxygens (including phenoxy) is 3. The lowest BCUT2D eigenvalue weighted by molar-refractivity contribution is -0.385. The van der Waals surface area contributed by atoms with Crippen molar-refractivity contribution in [3.63, 3.8) is 0 Å². The topological polar surface area (TPSA) is 108 Å². The third kappa shape index (κ3) is 3.42. The molecule has 30 heavy (non-hydrogen) atoms. The van der Waals surface area contributed by atoms with E-state index in [-0.39, 0.29) is 42.2 Å². The van der Waals surface area contributed by atoms with E-state index in [1.165, 1.54) is 13.0 Å². The van der Waals surface area contributed by atoms with Crippen LogP contribution < -0.4 is 14.4 Å². The second-order valence-corrected chi connectivity index (χ2v) is 7.21. The number of carbonyl (C=O) groups is 2. The molecule has 156 valence electrons. The van der Waals surface area contributed by atoms with Gasteiger partial charge < -0.3 is 19.1 Å². The van der Waals surface area contributed by atoms with Gasteiger partial charge in [0, 0.05) is 17.8 Å². The van der Waals surface area contributed by atoms with Gasteiger partial charge >= 0.3 is 5.97 Å². The molecule has 0 radical (unpaired) electrons. The minimum absolute atomic E-state index is 0.0836. The fraction of sp³-hybridized carbons (Fsp3) is 0.333. The van der Waals surface area contributed by atoms with Gasteiger partial charge in [-0.25, -0.2) is 4.79 Å². The Morgan fingerprint density at radius 2 is 1.87 bits per heavy atom. The second-order valence-electron chi connectivity index (χ2n) is 7.21. The zero-order valence-electron chi connectivity index (χ0n) is 16.5. The Morgan fingerprint density at radius 3 is 2.57 bits per heavy atom. The number of fused-ring (bicyclic) bond motifs is 2. The Kier molecular flexibility index (Phi) is 5.03. The number of rotatable bonds is 4. The standard InChI is InChI=1S/C21H20N2O7/c1-12-9-14-5-3-4-6-16(14)22(12)20(24)13(2)30-21(25)15-10-18-19(29-8-7-28-18)11-17(15)23(26)27/h3-6,10-13H,7-9H2,1-2H3/t12-,13-/m0/s1. The average molecular weight is 412 g/mol. The number of carbonyl (C=O) groups excluding carboxylic acids is 2. The molecule has 0 bridgehead atoms. The van der Waals surface area contributed by atoms with Crippen LogP contribution in [-0.4, -0.2) is 42.2 Å². The molecule has 1 amide bonds. The summed E-state index contributed by atoms with van der Waals surface area (Å²) >= 11 is 0. The van der Waals surface area contributed by atoms with E-state index in [0.717, 1.165) is 17.3 Å². The normalized spacial score (nSPS) is 17.8. The number of hydrogen-bond acceptors (Lipinski definition) is 7. The predicted octanol–water partition coefficient (Wildman–Crippen LogP) is 2.89. The van der Waals surface area contributed by atoms with E-state index in [1.54, 1.807) is 4.90 Å². The summed E-state index contributed by atoms with van der Waals surface area (Å²) < 4.78 is 16.1.